The molecule has 0 saturated heterocycles. The third-order valence-corrected chi connectivity index (χ3v) is 14.2. The molecule has 2 aliphatic rings. The summed E-state index contributed by atoms with van der Waals surface area (Å²) in [6.07, 6.45) is 28.9. The Bertz CT molecular complexity index is 2710. The summed E-state index contributed by atoms with van der Waals surface area (Å²) in [5.41, 5.74) is 21.6. The van der Waals surface area contributed by atoms with E-state index in [0.717, 1.165) is 96.1 Å². The Morgan fingerprint density at radius 2 is 0.771 bits per heavy atom. The van der Waals surface area contributed by atoms with Crippen LogP contribution < -0.4 is 0 Å². The predicted octanol–water partition coefficient (Wildman–Crippen LogP) is 17.2. The summed E-state index contributed by atoms with van der Waals surface area (Å²) in [6, 6.07) is 45.5. The second kappa shape index (κ2) is 26.6. The van der Waals surface area contributed by atoms with Gasteiger partial charge >= 0.3 is 28.2 Å². The van der Waals surface area contributed by atoms with E-state index in [4.69, 9.17) is 9.97 Å². The van der Waals surface area contributed by atoms with Gasteiger partial charge in [-0.15, -0.1) is 24.3 Å². The number of fused-ring (bicyclic) bond motifs is 2. The zero-order valence-corrected chi connectivity index (χ0v) is 44.4. The third kappa shape index (κ3) is 13.5. The summed E-state index contributed by atoms with van der Waals surface area (Å²) < 4.78 is 0. The molecule has 2 heterocycles. The Kier molecular flexibility index (Phi) is 19.4. The monoisotopic (exact) mass is 1120 g/mol. The van der Waals surface area contributed by atoms with Crippen LogP contribution in [0.4, 0.5) is 0 Å². The van der Waals surface area contributed by atoms with Crippen LogP contribution in [-0.2, 0) is 57.3 Å². The van der Waals surface area contributed by atoms with E-state index in [0.29, 0.717) is 0 Å². The van der Waals surface area contributed by atoms with Crippen LogP contribution in [0, 0.1) is 29.7 Å². The minimum atomic E-state index is 1.03. The van der Waals surface area contributed by atoms with Crippen LogP contribution in [0.1, 0.15) is 159 Å². The van der Waals surface area contributed by atoms with Crippen molar-refractivity contribution in [3.63, 3.8) is 0 Å². The summed E-state index contributed by atoms with van der Waals surface area (Å²) in [7, 11) is 4.61. The van der Waals surface area contributed by atoms with E-state index in [1.807, 2.05) is 0 Å². The molecular weight excluding hydrogens is 1050 g/mol. The maximum atomic E-state index is 5.17. The fourth-order valence-electron chi connectivity index (χ4n) is 10.4. The van der Waals surface area contributed by atoms with Gasteiger partial charge in [0.25, 0.3) is 0 Å². The molecule has 0 amide bonds. The standard InChI is InChI=1S/C66H67N2.ClH.Pt/c1-3-5-7-9-11-13-18-49-26-30-51(31-27-49)34-36-53-38-42-55(43-39-53)63-47-67-65(61-24-16-22-59(61)63)57-20-15-21-58(46-57)66-62-25-17-23-60(62)64(48-68-66)56-44-40-54(41-45-56)37-35-52-32-28-50(29-33-52)19-14-12-10-8-6-4-2;;/h15,20-21,26-33,38-45,47-48H,3-14,16-19,22-25H2,1-2H3;1H;/q-1;;+2/p-1. The van der Waals surface area contributed by atoms with Crippen LogP contribution in [0.2, 0.25) is 0 Å². The van der Waals surface area contributed by atoms with Gasteiger partial charge in [-0.3, -0.25) is 9.97 Å². The molecule has 2 aromatic heterocycles. The van der Waals surface area contributed by atoms with E-state index in [9.17, 15) is 0 Å². The number of hydrogen-bond donors (Lipinski definition) is 0. The van der Waals surface area contributed by atoms with Gasteiger partial charge in [-0.2, -0.15) is 0 Å². The Morgan fingerprint density at radius 3 is 1.16 bits per heavy atom. The van der Waals surface area contributed by atoms with Crippen molar-refractivity contribution in [1.82, 2.24) is 9.97 Å². The number of hydrogen-bond acceptors (Lipinski definition) is 2. The van der Waals surface area contributed by atoms with Crippen LogP contribution in [0.15, 0.2) is 128 Å². The summed E-state index contributed by atoms with van der Waals surface area (Å²) in [5.74, 6) is 13.6. The van der Waals surface area contributed by atoms with Crippen molar-refractivity contribution in [3.8, 4) is 68.5 Å². The van der Waals surface area contributed by atoms with E-state index < -0.39 is 0 Å². The first-order valence-corrected chi connectivity index (χ1v) is 29.0. The van der Waals surface area contributed by atoms with Crippen LogP contribution in [-0.4, -0.2) is 9.97 Å². The first-order valence-electron chi connectivity index (χ1n) is 26.2. The average molecular weight is 1120 g/mol. The van der Waals surface area contributed by atoms with Crippen LogP contribution in [0.5, 0.6) is 0 Å². The molecule has 9 rings (SSSR count). The van der Waals surface area contributed by atoms with Crippen molar-refractivity contribution < 1.29 is 18.8 Å². The minimum absolute atomic E-state index is 1.03. The molecule has 0 unspecified atom stereocenters. The fraction of sp³-hybridized carbons (Fsp3) is 0.333. The molecule has 0 bridgehead atoms. The SMILES string of the molecule is CCCCCCCCc1ccc(C#Cc2ccc(-c3cnc(-c4[c-]c(-c5ncc(-c6ccc(C#Cc7ccc(CCCCCCCC)cc7)cc6)c6c5CCC6)ccc4)c4c3CCC4)cc2)cc1.[Cl][Pt+]. The Labute approximate surface area is 435 Å². The molecule has 0 radical (unpaired) electrons. The first-order chi connectivity index (χ1) is 34.6. The molecule has 2 nitrogen and oxygen atoms in total. The summed E-state index contributed by atoms with van der Waals surface area (Å²) >= 11 is 1.61. The molecule has 0 spiro atoms. The summed E-state index contributed by atoms with van der Waals surface area (Å²) in [5, 5.41) is 0. The number of aromatic nitrogens is 2. The number of benzene rings is 5. The number of pyridine rings is 2. The molecular formula is C66H67ClN2Pt. The van der Waals surface area contributed by atoms with Crippen LogP contribution in [0.3, 0.4) is 0 Å². The Morgan fingerprint density at radius 1 is 0.429 bits per heavy atom. The second-order valence-electron chi connectivity index (χ2n) is 19.2. The first kappa shape index (κ1) is 50.9. The zero-order chi connectivity index (χ0) is 48.3. The second-order valence-corrected chi connectivity index (χ2v) is 19.2. The fourth-order valence-corrected chi connectivity index (χ4v) is 10.4. The van der Waals surface area contributed by atoms with Crippen molar-refractivity contribution in [2.24, 2.45) is 0 Å². The zero-order valence-electron chi connectivity index (χ0n) is 41.4. The third-order valence-electron chi connectivity index (χ3n) is 14.2. The molecule has 0 aliphatic heterocycles. The van der Waals surface area contributed by atoms with Gasteiger partial charge in [0.2, 0.25) is 0 Å². The van der Waals surface area contributed by atoms with Gasteiger partial charge < -0.3 is 0 Å². The van der Waals surface area contributed by atoms with Crippen molar-refractivity contribution >= 4 is 9.42 Å². The topological polar surface area (TPSA) is 25.8 Å². The Balaban J connectivity index is 0.00000325. The Hall–Kier alpha value is -5.50. The van der Waals surface area contributed by atoms with E-state index in [1.165, 1.54) is 133 Å². The van der Waals surface area contributed by atoms with Crippen molar-refractivity contribution in [1.29, 1.82) is 0 Å². The van der Waals surface area contributed by atoms with Crippen molar-refractivity contribution in [2.45, 2.75) is 142 Å². The maximum absolute atomic E-state index is 5.17. The normalized spacial score (nSPS) is 12.2. The van der Waals surface area contributed by atoms with Gasteiger partial charge in [-0.25, -0.2) is 0 Å². The quantitative estimate of drug-likeness (QED) is 0.0486. The number of aryl methyl sites for hydroxylation is 2. The molecule has 0 N–H and O–H groups in total. The molecule has 5 aromatic carbocycles. The van der Waals surface area contributed by atoms with E-state index in [1.54, 1.807) is 18.8 Å². The molecule has 7 aromatic rings. The predicted molar refractivity (Wildman–Crippen MR) is 292 cm³/mol. The molecule has 2 aliphatic carbocycles. The average Bonchev–Trinajstić information content (AvgIpc) is 4.13. The molecule has 70 heavy (non-hydrogen) atoms. The number of rotatable bonds is 18. The van der Waals surface area contributed by atoms with Crippen LogP contribution in [0.25, 0.3) is 44.8 Å². The molecule has 0 atom stereocenters. The van der Waals surface area contributed by atoms with Gasteiger partial charge in [0, 0.05) is 57.2 Å². The van der Waals surface area contributed by atoms with Gasteiger partial charge in [0.15, 0.2) is 0 Å². The number of halogens is 1. The summed E-state index contributed by atoms with van der Waals surface area (Å²) in [4.78, 5) is 10.3. The van der Waals surface area contributed by atoms with Crippen molar-refractivity contribution in [3.05, 3.63) is 189 Å². The van der Waals surface area contributed by atoms with Crippen LogP contribution >= 0.6 is 9.42 Å². The molecule has 0 fully saturated rings. The summed E-state index contributed by atoms with van der Waals surface area (Å²) in [6.45, 7) is 4.55. The number of nitrogens with zero attached hydrogens (tertiary/aromatic N) is 2. The van der Waals surface area contributed by atoms with Gasteiger partial charge in [-0.05, 0) is 146 Å². The van der Waals surface area contributed by atoms with Crippen molar-refractivity contribution in [2.75, 3.05) is 0 Å². The van der Waals surface area contributed by atoms with Gasteiger partial charge in [0.1, 0.15) is 0 Å². The molecule has 358 valence electrons. The molecule has 4 heteroatoms. The van der Waals surface area contributed by atoms with E-state index >= 15 is 0 Å². The van der Waals surface area contributed by atoms with Gasteiger partial charge in [0.05, 0.1) is 0 Å². The van der Waals surface area contributed by atoms with Gasteiger partial charge in [-0.1, -0.05) is 173 Å². The molecule has 0 saturated carbocycles. The van der Waals surface area contributed by atoms with E-state index in [-0.39, 0.29) is 0 Å². The number of unbranched alkanes of at least 4 members (excludes halogenated alkanes) is 10. The van der Waals surface area contributed by atoms with E-state index in [2.05, 4.69) is 181 Å².